The molecule has 0 bridgehead atoms. The van der Waals surface area contributed by atoms with E-state index in [9.17, 15) is 0 Å². The number of aryl methyl sites for hydroxylation is 1. The van der Waals surface area contributed by atoms with Gasteiger partial charge in [0.1, 0.15) is 17.7 Å². The lowest BCUT2D eigenvalue weighted by atomic mass is 10.1. The summed E-state index contributed by atoms with van der Waals surface area (Å²) in [7, 11) is 0. The summed E-state index contributed by atoms with van der Waals surface area (Å²) in [6.07, 6.45) is 0. The van der Waals surface area contributed by atoms with Crippen LogP contribution < -0.4 is 4.90 Å². The van der Waals surface area contributed by atoms with Gasteiger partial charge in [-0.3, -0.25) is 0 Å². The number of hydrogen-bond acceptors (Lipinski definition) is 3. The Morgan fingerprint density at radius 1 is 1.21 bits per heavy atom. The first-order chi connectivity index (χ1) is 9.25. The number of hydrogen-bond donors (Lipinski definition) is 0. The van der Waals surface area contributed by atoms with Gasteiger partial charge in [0.2, 0.25) is 0 Å². The predicted molar refractivity (Wildman–Crippen MR) is 76.5 cm³/mol. The predicted octanol–water partition coefficient (Wildman–Crippen LogP) is 3.58. The van der Waals surface area contributed by atoms with Crippen molar-refractivity contribution in [2.75, 3.05) is 18.2 Å². The van der Waals surface area contributed by atoms with Crippen LogP contribution in [0.3, 0.4) is 0 Å². The fraction of sp³-hybridized carbons (Fsp3) is 0.267. The number of rotatable bonds is 2. The van der Waals surface area contributed by atoms with Crippen LogP contribution in [0.4, 0.5) is 5.82 Å². The van der Waals surface area contributed by atoms with Gasteiger partial charge in [-0.15, -0.1) is 0 Å². The Morgan fingerprint density at radius 3 is 2.79 bits per heavy atom. The summed E-state index contributed by atoms with van der Waals surface area (Å²) in [6.45, 7) is 3.27. The molecule has 1 atom stereocenters. The van der Waals surface area contributed by atoms with E-state index in [1.807, 2.05) is 37.3 Å². The molecule has 1 saturated heterocycles. The largest absolute Gasteiger partial charge is 0.359 e. The van der Waals surface area contributed by atoms with Gasteiger partial charge in [0, 0.05) is 0 Å². The molecule has 0 saturated carbocycles. The van der Waals surface area contributed by atoms with Crippen LogP contribution in [-0.2, 0) is 4.74 Å². The minimum Gasteiger partial charge on any atom is -0.359 e. The molecule has 1 aromatic heterocycles. The summed E-state index contributed by atoms with van der Waals surface area (Å²) in [5.41, 5.74) is 2.34. The van der Waals surface area contributed by atoms with E-state index in [-0.39, 0.29) is 6.04 Å². The van der Waals surface area contributed by atoms with E-state index in [0.717, 1.165) is 11.4 Å². The van der Waals surface area contributed by atoms with Crippen molar-refractivity contribution in [2.24, 2.45) is 0 Å². The SMILES string of the molecule is Cc1ccc(Cl)nc1N1COCC1c1ccccc1. The Bertz CT molecular complexity index is 574. The number of benzene rings is 1. The first kappa shape index (κ1) is 12.5. The highest BCUT2D eigenvalue weighted by Crippen LogP contribution is 2.32. The number of nitrogens with zero attached hydrogens (tertiary/aromatic N) is 2. The first-order valence-corrected chi connectivity index (χ1v) is 6.66. The van der Waals surface area contributed by atoms with Crippen molar-refractivity contribution in [1.82, 2.24) is 4.98 Å². The van der Waals surface area contributed by atoms with E-state index in [1.54, 1.807) is 0 Å². The van der Waals surface area contributed by atoms with E-state index in [4.69, 9.17) is 16.3 Å². The smallest absolute Gasteiger partial charge is 0.135 e. The minimum absolute atomic E-state index is 0.200. The summed E-state index contributed by atoms with van der Waals surface area (Å²) >= 11 is 6.01. The normalized spacial score (nSPS) is 18.8. The molecule has 3 nitrogen and oxygen atoms in total. The molecule has 0 N–H and O–H groups in total. The number of aromatic nitrogens is 1. The third-order valence-electron chi connectivity index (χ3n) is 3.37. The van der Waals surface area contributed by atoms with Crippen LogP contribution in [-0.4, -0.2) is 18.3 Å². The molecule has 3 rings (SSSR count). The highest BCUT2D eigenvalue weighted by molar-refractivity contribution is 6.29. The molecule has 2 heterocycles. The van der Waals surface area contributed by atoms with Crippen molar-refractivity contribution in [2.45, 2.75) is 13.0 Å². The molecule has 98 valence electrons. The average Bonchev–Trinajstić information content (AvgIpc) is 2.91. The molecule has 1 aliphatic rings. The fourth-order valence-electron chi connectivity index (χ4n) is 2.39. The molecule has 2 aromatic rings. The molecule has 0 amide bonds. The van der Waals surface area contributed by atoms with Gasteiger partial charge < -0.3 is 9.64 Å². The number of halogens is 1. The summed E-state index contributed by atoms with van der Waals surface area (Å²) < 4.78 is 5.62. The van der Waals surface area contributed by atoms with Gasteiger partial charge in [-0.2, -0.15) is 0 Å². The zero-order valence-electron chi connectivity index (χ0n) is 10.7. The Balaban J connectivity index is 1.97. The summed E-state index contributed by atoms with van der Waals surface area (Å²) in [5.74, 6) is 0.902. The van der Waals surface area contributed by atoms with E-state index >= 15 is 0 Å². The molecule has 0 spiro atoms. The maximum Gasteiger partial charge on any atom is 0.135 e. The number of pyridine rings is 1. The molecular formula is C15H15ClN2O. The topological polar surface area (TPSA) is 25.4 Å². The summed E-state index contributed by atoms with van der Waals surface area (Å²) in [6, 6.07) is 14.4. The molecule has 19 heavy (non-hydrogen) atoms. The molecular weight excluding hydrogens is 260 g/mol. The molecule has 1 unspecified atom stereocenters. The first-order valence-electron chi connectivity index (χ1n) is 6.28. The monoisotopic (exact) mass is 274 g/mol. The van der Waals surface area contributed by atoms with Crippen LogP contribution in [0.25, 0.3) is 0 Å². The van der Waals surface area contributed by atoms with Crippen molar-refractivity contribution < 1.29 is 4.74 Å². The van der Waals surface area contributed by atoms with Crippen LogP contribution in [0.2, 0.25) is 5.15 Å². The van der Waals surface area contributed by atoms with Gasteiger partial charge in [-0.1, -0.05) is 48.0 Å². The molecule has 1 aromatic carbocycles. The Kier molecular flexibility index (Phi) is 3.40. The zero-order chi connectivity index (χ0) is 13.2. The van der Waals surface area contributed by atoms with Crippen molar-refractivity contribution in [3.8, 4) is 0 Å². The Hall–Kier alpha value is -1.58. The highest BCUT2D eigenvalue weighted by Gasteiger charge is 2.28. The standard InChI is InChI=1S/C15H15ClN2O/c1-11-7-8-14(16)17-15(11)18-10-19-9-13(18)12-5-3-2-4-6-12/h2-8,13H,9-10H2,1H3. The van der Waals surface area contributed by atoms with E-state index in [1.165, 1.54) is 5.56 Å². The Labute approximate surface area is 117 Å². The third kappa shape index (κ3) is 2.44. The van der Waals surface area contributed by atoms with E-state index in [2.05, 4.69) is 22.0 Å². The van der Waals surface area contributed by atoms with Crippen LogP contribution >= 0.6 is 11.6 Å². The second-order valence-electron chi connectivity index (χ2n) is 4.67. The van der Waals surface area contributed by atoms with Gasteiger partial charge in [-0.05, 0) is 24.1 Å². The lowest BCUT2D eigenvalue weighted by Gasteiger charge is -2.25. The van der Waals surface area contributed by atoms with Crippen molar-refractivity contribution in [1.29, 1.82) is 0 Å². The van der Waals surface area contributed by atoms with Crippen molar-refractivity contribution in [3.63, 3.8) is 0 Å². The fourth-order valence-corrected chi connectivity index (χ4v) is 2.53. The molecule has 4 heteroatoms. The van der Waals surface area contributed by atoms with E-state index < -0.39 is 0 Å². The van der Waals surface area contributed by atoms with Gasteiger partial charge in [0.15, 0.2) is 0 Å². The van der Waals surface area contributed by atoms with Crippen LogP contribution in [0.5, 0.6) is 0 Å². The van der Waals surface area contributed by atoms with E-state index in [0.29, 0.717) is 18.5 Å². The molecule has 1 fully saturated rings. The van der Waals surface area contributed by atoms with Gasteiger partial charge in [-0.25, -0.2) is 4.98 Å². The second kappa shape index (κ2) is 5.19. The summed E-state index contributed by atoms with van der Waals surface area (Å²) in [5, 5.41) is 0.513. The molecule has 1 aliphatic heterocycles. The van der Waals surface area contributed by atoms with Crippen LogP contribution in [0.1, 0.15) is 17.2 Å². The van der Waals surface area contributed by atoms with Gasteiger partial charge >= 0.3 is 0 Å². The van der Waals surface area contributed by atoms with Crippen LogP contribution in [0, 0.1) is 6.92 Å². The lowest BCUT2D eigenvalue weighted by Crippen LogP contribution is -2.25. The highest BCUT2D eigenvalue weighted by atomic mass is 35.5. The Morgan fingerprint density at radius 2 is 2.00 bits per heavy atom. The third-order valence-corrected chi connectivity index (χ3v) is 3.59. The maximum atomic E-state index is 6.01. The minimum atomic E-state index is 0.200. The quantitative estimate of drug-likeness (QED) is 0.783. The molecule has 0 aliphatic carbocycles. The van der Waals surface area contributed by atoms with Gasteiger partial charge in [0.05, 0.1) is 12.6 Å². The number of ether oxygens (including phenoxy) is 1. The summed E-state index contributed by atoms with van der Waals surface area (Å²) in [4.78, 5) is 6.61. The zero-order valence-corrected chi connectivity index (χ0v) is 11.5. The average molecular weight is 275 g/mol. The van der Waals surface area contributed by atoms with Crippen LogP contribution in [0.15, 0.2) is 42.5 Å². The van der Waals surface area contributed by atoms with Crippen molar-refractivity contribution >= 4 is 17.4 Å². The van der Waals surface area contributed by atoms with Crippen molar-refractivity contribution in [3.05, 3.63) is 58.7 Å². The lowest BCUT2D eigenvalue weighted by molar-refractivity contribution is 0.194. The second-order valence-corrected chi connectivity index (χ2v) is 5.06. The maximum absolute atomic E-state index is 6.01. The molecule has 0 radical (unpaired) electrons. The number of anilines is 1. The van der Waals surface area contributed by atoms with Gasteiger partial charge in [0.25, 0.3) is 0 Å².